The summed E-state index contributed by atoms with van der Waals surface area (Å²) >= 11 is 0. The van der Waals surface area contributed by atoms with Crippen molar-refractivity contribution >= 4 is 0 Å². The molecule has 2 fully saturated rings. The standard InChI is InChI=1S/C6H12N2O2/c1-3-9-6-5(7-1)10-4-2-8-6/h5-8H,1-4H2. The number of hydrogen-bond donors (Lipinski definition) is 2. The summed E-state index contributed by atoms with van der Waals surface area (Å²) in [5.41, 5.74) is 0. The van der Waals surface area contributed by atoms with Crippen LogP contribution in [-0.4, -0.2) is 38.8 Å². The highest BCUT2D eigenvalue weighted by molar-refractivity contribution is 4.74. The molecular weight excluding hydrogens is 132 g/mol. The normalized spacial score (nSPS) is 40.8. The van der Waals surface area contributed by atoms with Crippen LogP contribution in [0.15, 0.2) is 0 Å². The molecule has 0 aromatic heterocycles. The molecular formula is C6H12N2O2. The van der Waals surface area contributed by atoms with Gasteiger partial charge in [-0.2, -0.15) is 0 Å². The summed E-state index contributed by atoms with van der Waals surface area (Å²) in [5, 5.41) is 6.42. The highest BCUT2D eigenvalue weighted by Crippen LogP contribution is 2.06. The van der Waals surface area contributed by atoms with E-state index >= 15 is 0 Å². The third-order valence-electron chi connectivity index (χ3n) is 1.76. The first-order chi connectivity index (χ1) is 4.97. The molecule has 0 radical (unpaired) electrons. The van der Waals surface area contributed by atoms with Crippen LogP contribution in [-0.2, 0) is 9.47 Å². The Hall–Kier alpha value is -0.160. The van der Waals surface area contributed by atoms with Crippen molar-refractivity contribution in [3.05, 3.63) is 0 Å². The van der Waals surface area contributed by atoms with E-state index in [0.717, 1.165) is 26.3 Å². The molecule has 2 atom stereocenters. The van der Waals surface area contributed by atoms with Crippen LogP contribution in [0, 0.1) is 0 Å². The molecule has 2 aliphatic heterocycles. The second kappa shape index (κ2) is 2.84. The largest absolute Gasteiger partial charge is 0.358 e. The Morgan fingerprint density at radius 3 is 1.90 bits per heavy atom. The topological polar surface area (TPSA) is 42.5 Å². The van der Waals surface area contributed by atoms with Crippen LogP contribution in [0.4, 0.5) is 0 Å². The molecule has 0 amide bonds. The van der Waals surface area contributed by atoms with Crippen molar-refractivity contribution in [2.45, 2.75) is 12.5 Å². The predicted molar refractivity (Wildman–Crippen MR) is 35.5 cm³/mol. The van der Waals surface area contributed by atoms with Crippen molar-refractivity contribution in [1.82, 2.24) is 10.6 Å². The number of nitrogens with one attached hydrogen (secondary N) is 2. The van der Waals surface area contributed by atoms with Gasteiger partial charge in [0.05, 0.1) is 13.2 Å². The molecule has 2 N–H and O–H groups in total. The molecule has 4 nitrogen and oxygen atoms in total. The Balaban J connectivity index is 1.93. The zero-order valence-electron chi connectivity index (χ0n) is 5.80. The lowest BCUT2D eigenvalue weighted by molar-refractivity contribution is -0.151. The van der Waals surface area contributed by atoms with E-state index in [2.05, 4.69) is 10.6 Å². The zero-order chi connectivity index (χ0) is 6.81. The van der Waals surface area contributed by atoms with Crippen LogP contribution >= 0.6 is 0 Å². The quantitative estimate of drug-likeness (QED) is 0.452. The lowest BCUT2D eigenvalue weighted by atomic mass is 10.3. The minimum absolute atomic E-state index is 0.0718. The van der Waals surface area contributed by atoms with E-state index in [1.54, 1.807) is 0 Å². The third-order valence-corrected chi connectivity index (χ3v) is 1.76. The van der Waals surface area contributed by atoms with Gasteiger partial charge in [0.15, 0.2) is 0 Å². The van der Waals surface area contributed by atoms with Crippen molar-refractivity contribution in [3.63, 3.8) is 0 Å². The number of rotatable bonds is 0. The summed E-state index contributed by atoms with van der Waals surface area (Å²) in [6, 6.07) is 0. The number of fused-ring (bicyclic) bond motifs is 1. The molecule has 58 valence electrons. The first-order valence-corrected chi connectivity index (χ1v) is 3.67. The molecule has 0 saturated carbocycles. The Bertz CT molecular complexity index is 94.3. The molecule has 2 rings (SSSR count). The summed E-state index contributed by atoms with van der Waals surface area (Å²) < 4.78 is 10.8. The SMILES string of the molecule is C1COC2NCCOC2N1. The Labute approximate surface area is 59.9 Å². The molecule has 0 aromatic rings. The fourth-order valence-electron chi connectivity index (χ4n) is 1.28. The molecule has 2 heterocycles. The Morgan fingerprint density at radius 2 is 1.40 bits per heavy atom. The van der Waals surface area contributed by atoms with Crippen LogP contribution in [0.1, 0.15) is 0 Å². The first kappa shape index (κ1) is 6.54. The average Bonchev–Trinajstić information content (AvgIpc) is 2.05. The molecule has 2 aliphatic rings. The van der Waals surface area contributed by atoms with Gasteiger partial charge in [-0.05, 0) is 0 Å². The van der Waals surface area contributed by atoms with E-state index < -0.39 is 0 Å². The van der Waals surface area contributed by atoms with Gasteiger partial charge in [0, 0.05) is 13.1 Å². The van der Waals surface area contributed by atoms with Crippen LogP contribution in [0.25, 0.3) is 0 Å². The summed E-state index contributed by atoms with van der Waals surface area (Å²) in [6.07, 6.45) is 0.144. The molecule has 4 heteroatoms. The van der Waals surface area contributed by atoms with Gasteiger partial charge in [0.25, 0.3) is 0 Å². The lowest BCUT2D eigenvalue weighted by Gasteiger charge is -2.36. The summed E-state index contributed by atoms with van der Waals surface area (Å²) in [6.45, 7) is 3.33. The molecule has 0 bridgehead atoms. The Morgan fingerprint density at radius 1 is 0.900 bits per heavy atom. The molecule has 0 aromatic carbocycles. The van der Waals surface area contributed by atoms with E-state index in [0.29, 0.717) is 0 Å². The van der Waals surface area contributed by atoms with Crippen LogP contribution in [0.3, 0.4) is 0 Å². The smallest absolute Gasteiger partial charge is 0.148 e. The summed E-state index contributed by atoms with van der Waals surface area (Å²) in [5.74, 6) is 0. The maximum absolute atomic E-state index is 5.38. The van der Waals surface area contributed by atoms with Crippen molar-refractivity contribution < 1.29 is 9.47 Å². The number of morpholine rings is 2. The van der Waals surface area contributed by atoms with Crippen molar-refractivity contribution in [2.75, 3.05) is 26.3 Å². The maximum Gasteiger partial charge on any atom is 0.148 e. The third kappa shape index (κ3) is 1.15. The predicted octanol–water partition coefficient (Wildman–Crippen LogP) is -1.12. The van der Waals surface area contributed by atoms with Gasteiger partial charge in [-0.25, -0.2) is 0 Å². The second-order valence-corrected chi connectivity index (χ2v) is 2.49. The van der Waals surface area contributed by atoms with E-state index in [-0.39, 0.29) is 12.5 Å². The van der Waals surface area contributed by atoms with E-state index in [1.807, 2.05) is 0 Å². The molecule has 0 aliphatic carbocycles. The average molecular weight is 144 g/mol. The molecule has 2 unspecified atom stereocenters. The molecule has 10 heavy (non-hydrogen) atoms. The van der Waals surface area contributed by atoms with Crippen molar-refractivity contribution in [2.24, 2.45) is 0 Å². The fourth-order valence-corrected chi connectivity index (χ4v) is 1.28. The minimum atomic E-state index is 0.0718. The van der Waals surface area contributed by atoms with Gasteiger partial charge in [-0.3, -0.25) is 10.6 Å². The highest BCUT2D eigenvalue weighted by Gasteiger charge is 2.28. The molecule has 0 spiro atoms. The number of ether oxygens (including phenoxy) is 2. The first-order valence-electron chi connectivity index (χ1n) is 3.67. The van der Waals surface area contributed by atoms with Crippen LogP contribution in [0.5, 0.6) is 0 Å². The number of hydrogen-bond acceptors (Lipinski definition) is 4. The zero-order valence-corrected chi connectivity index (χ0v) is 5.80. The van der Waals surface area contributed by atoms with Gasteiger partial charge in [-0.1, -0.05) is 0 Å². The van der Waals surface area contributed by atoms with Gasteiger partial charge in [0.2, 0.25) is 0 Å². The molecule has 2 saturated heterocycles. The van der Waals surface area contributed by atoms with Gasteiger partial charge >= 0.3 is 0 Å². The highest BCUT2D eigenvalue weighted by atomic mass is 16.6. The second-order valence-electron chi connectivity index (χ2n) is 2.49. The Kier molecular flexibility index (Phi) is 1.86. The lowest BCUT2D eigenvalue weighted by Crippen LogP contribution is -2.60. The van der Waals surface area contributed by atoms with Gasteiger partial charge < -0.3 is 9.47 Å². The van der Waals surface area contributed by atoms with Crippen molar-refractivity contribution in [3.8, 4) is 0 Å². The monoisotopic (exact) mass is 144 g/mol. The van der Waals surface area contributed by atoms with Crippen molar-refractivity contribution in [1.29, 1.82) is 0 Å². The van der Waals surface area contributed by atoms with E-state index in [4.69, 9.17) is 9.47 Å². The van der Waals surface area contributed by atoms with Gasteiger partial charge in [0.1, 0.15) is 12.5 Å². The maximum atomic E-state index is 5.38. The fraction of sp³-hybridized carbons (Fsp3) is 1.00. The van der Waals surface area contributed by atoms with Crippen LogP contribution < -0.4 is 10.6 Å². The van der Waals surface area contributed by atoms with Crippen LogP contribution in [0.2, 0.25) is 0 Å². The van der Waals surface area contributed by atoms with Gasteiger partial charge in [-0.15, -0.1) is 0 Å². The summed E-state index contributed by atoms with van der Waals surface area (Å²) in [4.78, 5) is 0. The van der Waals surface area contributed by atoms with E-state index in [9.17, 15) is 0 Å². The minimum Gasteiger partial charge on any atom is -0.358 e. The summed E-state index contributed by atoms with van der Waals surface area (Å²) in [7, 11) is 0. The van der Waals surface area contributed by atoms with E-state index in [1.165, 1.54) is 0 Å².